The molecule has 0 aliphatic heterocycles. The van der Waals surface area contributed by atoms with Gasteiger partial charge in [0.15, 0.2) is 0 Å². The Bertz CT molecular complexity index is 363. The monoisotopic (exact) mass is 284 g/mol. The first-order chi connectivity index (χ1) is 8.97. The van der Waals surface area contributed by atoms with Gasteiger partial charge in [-0.25, -0.2) is 0 Å². The third-order valence-corrected chi connectivity index (χ3v) is 4.33. The molecule has 0 spiro atoms. The van der Waals surface area contributed by atoms with Gasteiger partial charge < -0.3 is 10.5 Å². The van der Waals surface area contributed by atoms with Crippen molar-refractivity contribution in [1.29, 1.82) is 0 Å². The van der Waals surface area contributed by atoms with Crippen molar-refractivity contribution in [2.45, 2.75) is 39.8 Å². The molecule has 0 aromatic carbocycles. The van der Waals surface area contributed by atoms with Gasteiger partial charge in [0.25, 0.3) is 0 Å². The smallest absolute Gasteiger partial charge is 0.0594 e. The number of hydrogen-bond acceptors (Lipinski definition) is 4. The lowest BCUT2D eigenvalue weighted by molar-refractivity contribution is 0.102. The van der Waals surface area contributed by atoms with Crippen molar-refractivity contribution in [3.63, 3.8) is 0 Å². The number of hydrogen-bond donors (Lipinski definition) is 1. The predicted octanol–water partition coefficient (Wildman–Crippen LogP) is 3.05. The summed E-state index contributed by atoms with van der Waals surface area (Å²) in [5, 5.41) is 2.16. The molecule has 19 heavy (non-hydrogen) atoms. The Labute approximate surface area is 121 Å². The number of nitrogens with zero attached hydrogens (tertiary/aromatic N) is 1. The van der Waals surface area contributed by atoms with E-state index < -0.39 is 0 Å². The Kier molecular flexibility index (Phi) is 7.00. The van der Waals surface area contributed by atoms with E-state index in [1.165, 1.54) is 10.4 Å². The predicted molar refractivity (Wildman–Crippen MR) is 83.7 cm³/mol. The van der Waals surface area contributed by atoms with Crippen LogP contribution in [-0.2, 0) is 4.74 Å². The molecule has 2 N–H and O–H groups in total. The third kappa shape index (κ3) is 4.88. The zero-order chi connectivity index (χ0) is 14.4. The summed E-state index contributed by atoms with van der Waals surface area (Å²) in [5.74, 6) is 0.623. The van der Waals surface area contributed by atoms with E-state index in [0.29, 0.717) is 5.92 Å². The van der Waals surface area contributed by atoms with E-state index in [1.54, 1.807) is 7.11 Å². The molecule has 3 nitrogen and oxygen atoms in total. The second-order valence-corrected chi connectivity index (χ2v) is 6.60. The van der Waals surface area contributed by atoms with Crippen molar-refractivity contribution < 1.29 is 4.74 Å². The summed E-state index contributed by atoms with van der Waals surface area (Å²) in [6, 6.07) is 2.59. The van der Waals surface area contributed by atoms with Crippen LogP contribution in [0.15, 0.2) is 11.4 Å². The number of aryl methyl sites for hydroxylation is 1. The van der Waals surface area contributed by atoms with Crippen molar-refractivity contribution in [3.8, 4) is 0 Å². The number of methoxy groups -OCH3 is 1. The summed E-state index contributed by atoms with van der Waals surface area (Å²) in [4.78, 5) is 3.87. The first-order valence-electron chi connectivity index (χ1n) is 7.00. The molecule has 1 aromatic rings. The maximum absolute atomic E-state index is 6.27. The van der Waals surface area contributed by atoms with Gasteiger partial charge in [0.2, 0.25) is 0 Å². The van der Waals surface area contributed by atoms with Gasteiger partial charge in [-0.3, -0.25) is 4.90 Å². The van der Waals surface area contributed by atoms with Crippen molar-refractivity contribution in [3.05, 3.63) is 21.9 Å². The van der Waals surface area contributed by atoms with Crippen LogP contribution in [0.25, 0.3) is 0 Å². The molecule has 0 fully saturated rings. The van der Waals surface area contributed by atoms with Crippen molar-refractivity contribution in [2.24, 2.45) is 11.7 Å². The second-order valence-electron chi connectivity index (χ2n) is 5.65. The first-order valence-corrected chi connectivity index (χ1v) is 7.87. The topological polar surface area (TPSA) is 38.5 Å². The Morgan fingerprint density at radius 3 is 2.47 bits per heavy atom. The van der Waals surface area contributed by atoms with Crippen LogP contribution in [0.2, 0.25) is 0 Å². The molecule has 4 heteroatoms. The summed E-state index contributed by atoms with van der Waals surface area (Å²) in [7, 11) is 1.75. The quantitative estimate of drug-likeness (QED) is 0.797. The fourth-order valence-electron chi connectivity index (χ4n) is 2.45. The van der Waals surface area contributed by atoms with E-state index in [0.717, 1.165) is 19.7 Å². The standard InChI is InChI=1S/C15H28N2OS/c1-11(2)10-17(7-8-18-5)14(13(4)16)15-12(3)6-9-19-15/h6,9,11,13-14H,7-8,10,16H2,1-5H3. The Morgan fingerprint density at radius 1 is 1.37 bits per heavy atom. The lowest BCUT2D eigenvalue weighted by atomic mass is 10.0. The molecule has 1 aromatic heterocycles. The maximum Gasteiger partial charge on any atom is 0.0594 e. The minimum absolute atomic E-state index is 0.118. The largest absolute Gasteiger partial charge is 0.383 e. The summed E-state index contributed by atoms with van der Waals surface area (Å²) >= 11 is 1.81. The van der Waals surface area contributed by atoms with Crippen LogP contribution in [0.4, 0.5) is 0 Å². The average molecular weight is 284 g/mol. The number of thiophene rings is 1. The van der Waals surface area contributed by atoms with Gasteiger partial charge in [-0.15, -0.1) is 11.3 Å². The van der Waals surface area contributed by atoms with Crippen LogP contribution < -0.4 is 5.73 Å². The second kappa shape index (κ2) is 8.00. The van der Waals surface area contributed by atoms with Crippen molar-refractivity contribution >= 4 is 11.3 Å². The van der Waals surface area contributed by atoms with Crippen molar-refractivity contribution in [1.82, 2.24) is 4.90 Å². The molecule has 0 radical (unpaired) electrons. The highest BCUT2D eigenvalue weighted by Crippen LogP contribution is 2.31. The molecule has 1 heterocycles. The highest BCUT2D eigenvalue weighted by Gasteiger charge is 2.26. The van der Waals surface area contributed by atoms with Crippen LogP contribution in [-0.4, -0.2) is 37.7 Å². The van der Waals surface area contributed by atoms with Gasteiger partial charge in [-0.05, 0) is 36.8 Å². The highest BCUT2D eigenvalue weighted by atomic mass is 32.1. The molecular formula is C15H28N2OS. The number of nitrogens with two attached hydrogens (primary N) is 1. The lowest BCUT2D eigenvalue weighted by Gasteiger charge is -2.35. The van der Waals surface area contributed by atoms with Gasteiger partial charge >= 0.3 is 0 Å². The van der Waals surface area contributed by atoms with Gasteiger partial charge in [-0.2, -0.15) is 0 Å². The van der Waals surface area contributed by atoms with Crippen molar-refractivity contribution in [2.75, 3.05) is 26.8 Å². The number of ether oxygens (including phenoxy) is 1. The van der Waals surface area contributed by atoms with Gasteiger partial charge in [0.1, 0.15) is 0 Å². The molecule has 0 aliphatic rings. The van der Waals surface area contributed by atoms with E-state index in [2.05, 4.69) is 44.0 Å². The molecule has 0 bridgehead atoms. The van der Waals surface area contributed by atoms with E-state index >= 15 is 0 Å². The lowest BCUT2D eigenvalue weighted by Crippen LogP contribution is -2.42. The van der Waals surface area contributed by atoms with Gasteiger partial charge in [0.05, 0.1) is 12.6 Å². The zero-order valence-electron chi connectivity index (χ0n) is 12.8. The first kappa shape index (κ1) is 16.6. The summed E-state index contributed by atoms with van der Waals surface area (Å²) < 4.78 is 5.25. The van der Waals surface area contributed by atoms with E-state index in [-0.39, 0.29) is 12.1 Å². The molecule has 0 saturated carbocycles. The minimum atomic E-state index is 0.118. The molecule has 1 rings (SSSR count). The summed E-state index contributed by atoms with van der Waals surface area (Å²) in [5.41, 5.74) is 7.62. The average Bonchev–Trinajstić information content (AvgIpc) is 2.71. The molecular weight excluding hydrogens is 256 g/mol. The van der Waals surface area contributed by atoms with Crippen LogP contribution in [0, 0.1) is 12.8 Å². The molecule has 0 amide bonds. The fourth-order valence-corrected chi connectivity index (χ4v) is 3.62. The van der Waals surface area contributed by atoms with E-state index in [1.807, 2.05) is 11.3 Å². The van der Waals surface area contributed by atoms with Crippen LogP contribution in [0.3, 0.4) is 0 Å². The molecule has 0 saturated heterocycles. The SMILES string of the molecule is COCCN(CC(C)C)C(c1sccc1C)C(C)N. The molecule has 2 unspecified atom stereocenters. The van der Waals surface area contributed by atoms with Gasteiger partial charge in [0, 0.05) is 31.1 Å². The highest BCUT2D eigenvalue weighted by molar-refractivity contribution is 7.10. The Balaban J connectivity index is 2.94. The summed E-state index contributed by atoms with van der Waals surface area (Å²) in [6.45, 7) is 11.5. The Morgan fingerprint density at radius 2 is 2.05 bits per heavy atom. The van der Waals surface area contributed by atoms with Crippen LogP contribution >= 0.6 is 11.3 Å². The maximum atomic E-state index is 6.27. The summed E-state index contributed by atoms with van der Waals surface area (Å²) in [6.07, 6.45) is 0. The molecule has 110 valence electrons. The number of rotatable bonds is 8. The normalized spacial score (nSPS) is 15.2. The zero-order valence-corrected chi connectivity index (χ0v) is 13.7. The van der Waals surface area contributed by atoms with Gasteiger partial charge in [-0.1, -0.05) is 13.8 Å². The molecule has 0 aliphatic carbocycles. The van der Waals surface area contributed by atoms with E-state index in [4.69, 9.17) is 10.5 Å². The molecule has 2 atom stereocenters. The van der Waals surface area contributed by atoms with Crippen LogP contribution in [0.5, 0.6) is 0 Å². The minimum Gasteiger partial charge on any atom is -0.383 e. The van der Waals surface area contributed by atoms with E-state index in [9.17, 15) is 0 Å². The van der Waals surface area contributed by atoms with Crippen LogP contribution in [0.1, 0.15) is 37.3 Å². The fraction of sp³-hybridized carbons (Fsp3) is 0.733. The Hall–Kier alpha value is -0.420. The third-order valence-electron chi connectivity index (χ3n) is 3.24.